The monoisotopic (exact) mass is 755 g/mol. The molecular weight excluding hydrogens is 673 g/mol. The summed E-state index contributed by atoms with van der Waals surface area (Å²) in [7, 11) is 0. The smallest absolute Gasteiger partial charge is 0.0747 e. The van der Waals surface area contributed by atoms with Crippen molar-refractivity contribution in [2.24, 2.45) is 54.1 Å². The summed E-state index contributed by atoms with van der Waals surface area (Å²) in [5.41, 5.74) is 7.11. The van der Waals surface area contributed by atoms with Gasteiger partial charge in [0, 0.05) is 10.8 Å². The zero-order chi connectivity index (χ0) is 37.0. The van der Waals surface area contributed by atoms with E-state index in [0.717, 1.165) is 48.1 Å². The molecule has 55 heavy (non-hydrogen) atoms. The molecule has 3 nitrogen and oxygen atoms in total. The molecule has 0 radical (unpaired) electrons. The van der Waals surface area contributed by atoms with Gasteiger partial charge in [-0.25, -0.2) is 0 Å². The summed E-state index contributed by atoms with van der Waals surface area (Å²) >= 11 is 0. The van der Waals surface area contributed by atoms with Crippen LogP contribution < -0.4 is 0 Å². The molecule has 0 aromatic carbocycles. The Hall–Kier alpha value is -0.120. The van der Waals surface area contributed by atoms with Crippen LogP contribution in [0.4, 0.5) is 0 Å². The van der Waals surface area contributed by atoms with Gasteiger partial charge < -0.3 is 14.2 Å². The number of rotatable bonds is 28. The lowest BCUT2D eigenvalue weighted by atomic mass is 9.58. The minimum atomic E-state index is 0.202. The predicted octanol–water partition coefficient (Wildman–Crippen LogP) is 13.8. The van der Waals surface area contributed by atoms with Crippen LogP contribution in [0.15, 0.2) is 0 Å². The first-order chi connectivity index (χ1) is 26.8. The summed E-state index contributed by atoms with van der Waals surface area (Å²) in [6.07, 6.45) is 50.9. The summed E-state index contributed by atoms with van der Waals surface area (Å²) < 4.78 is 20.6. The second-order valence-corrected chi connectivity index (χ2v) is 24.1. The molecule has 12 fully saturated rings. The molecule has 0 bridgehead atoms. The Morgan fingerprint density at radius 3 is 0.855 bits per heavy atom. The third kappa shape index (κ3) is 4.69. The third-order valence-electron chi connectivity index (χ3n) is 22.6. The molecule has 12 rings (SSSR count). The van der Waals surface area contributed by atoms with Crippen LogP contribution in [0.3, 0.4) is 0 Å². The van der Waals surface area contributed by atoms with Gasteiger partial charge in [0.05, 0.1) is 37.6 Å². The fraction of sp³-hybridized carbons (Fsp3) is 1.00. The van der Waals surface area contributed by atoms with E-state index < -0.39 is 0 Å². The predicted molar refractivity (Wildman–Crippen MR) is 221 cm³/mol. The van der Waals surface area contributed by atoms with E-state index in [1.807, 2.05) is 0 Å². The van der Waals surface area contributed by atoms with Crippen molar-refractivity contribution in [2.45, 2.75) is 243 Å². The van der Waals surface area contributed by atoms with Gasteiger partial charge >= 0.3 is 0 Å². The van der Waals surface area contributed by atoms with E-state index >= 15 is 0 Å². The van der Waals surface area contributed by atoms with Crippen LogP contribution in [0.5, 0.6) is 0 Å². The maximum Gasteiger partial charge on any atom is 0.0747 e. The van der Waals surface area contributed by atoms with Gasteiger partial charge in [-0.05, 0) is 210 Å². The number of hydrogen-bond donors (Lipinski definition) is 0. The maximum atomic E-state index is 7.11. The third-order valence-corrected chi connectivity index (χ3v) is 22.6. The highest BCUT2D eigenvalue weighted by molar-refractivity contribution is 5.41. The largest absolute Gasteiger partial charge is 0.377 e. The first-order valence-corrected chi connectivity index (χ1v) is 25.7. The molecule has 0 aliphatic heterocycles. The van der Waals surface area contributed by atoms with E-state index in [9.17, 15) is 0 Å². The molecule has 0 spiro atoms. The molecule has 0 heterocycles. The van der Waals surface area contributed by atoms with Crippen molar-refractivity contribution in [3.63, 3.8) is 0 Å². The Morgan fingerprint density at radius 1 is 0.291 bits per heavy atom. The summed E-state index contributed by atoms with van der Waals surface area (Å²) in [5, 5.41) is 0. The quantitative estimate of drug-likeness (QED) is 0.0745. The average Bonchev–Trinajstić information content (AvgIpc) is 3.98. The molecular formula is C52H82O3. The van der Waals surface area contributed by atoms with Gasteiger partial charge in [0.25, 0.3) is 0 Å². The van der Waals surface area contributed by atoms with Gasteiger partial charge in [0.2, 0.25) is 0 Å². The first-order valence-electron chi connectivity index (χ1n) is 25.7. The van der Waals surface area contributed by atoms with Crippen molar-refractivity contribution < 1.29 is 14.2 Å². The fourth-order valence-corrected chi connectivity index (χ4v) is 18.9. The minimum Gasteiger partial charge on any atom is -0.377 e. The van der Waals surface area contributed by atoms with Crippen molar-refractivity contribution in [2.75, 3.05) is 26.4 Å². The van der Waals surface area contributed by atoms with Gasteiger partial charge in [0.1, 0.15) is 0 Å². The summed E-state index contributed by atoms with van der Waals surface area (Å²) in [6.45, 7) is 7.88. The van der Waals surface area contributed by atoms with Gasteiger partial charge in [-0.1, -0.05) is 65.2 Å². The van der Waals surface area contributed by atoms with E-state index in [1.165, 1.54) is 128 Å². The lowest BCUT2D eigenvalue weighted by molar-refractivity contribution is -0.111. The van der Waals surface area contributed by atoms with Crippen LogP contribution in [-0.4, -0.2) is 37.6 Å². The van der Waals surface area contributed by atoms with E-state index in [2.05, 4.69) is 13.8 Å². The molecule has 0 atom stereocenters. The molecule has 0 aromatic heterocycles. The standard InChI is InChI=1S/C52H82O3/c1-3-5-7-9-11-41(13-14-41)43(17-18-43)45(21-22-45)47(25-26-47)49(29-30-49)51(33-34-51)54-39-37-53-38-40-55-52(35-36-52)50(31-32-50)48(27-28-48)46(23-24-46)44(19-20-44)42(15-16-42)12-10-8-6-4-2/h3-40H2,1-2H3. The first kappa shape index (κ1) is 36.7. The van der Waals surface area contributed by atoms with Crippen LogP contribution >= 0.6 is 0 Å². The maximum absolute atomic E-state index is 7.11. The van der Waals surface area contributed by atoms with E-state index in [0.29, 0.717) is 32.5 Å². The Bertz CT molecular complexity index is 1370. The zero-order valence-corrected chi connectivity index (χ0v) is 36.1. The molecule has 0 N–H and O–H groups in total. The summed E-state index contributed by atoms with van der Waals surface area (Å²) in [6, 6.07) is 0. The average molecular weight is 755 g/mol. The molecule has 3 heteroatoms. The molecule has 12 aliphatic carbocycles. The van der Waals surface area contributed by atoms with Crippen LogP contribution in [-0.2, 0) is 14.2 Å². The molecule has 0 unspecified atom stereocenters. The Balaban J connectivity index is 0.641. The Labute approximate surface area is 337 Å². The highest BCUT2D eigenvalue weighted by Gasteiger charge is 2.92. The lowest BCUT2D eigenvalue weighted by Crippen LogP contribution is -2.46. The highest BCUT2D eigenvalue weighted by atomic mass is 16.6. The van der Waals surface area contributed by atoms with Crippen LogP contribution in [0, 0.1) is 54.1 Å². The van der Waals surface area contributed by atoms with Crippen molar-refractivity contribution in [1.82, 2.24) is 0 Å². The van der Waals surface area contributed by atoms with Gasteiger partial charge in [-0.3, -0.25) is 0 Å². The number of unbranched alkanes of at least 4 members (excludes halogenated alkanes) is 6. The molecule has 12 saturated carbocycles. The van der Waals surface area contributed by atoms with Crippen LogP contribution in [0.1, 0.15) is 232 Å². The van der Waals surface area contributed by atoms with Gasteiger partial charge in [-0.2, -0.15) is 0 Å². The van der Waals surface area contributed by atoms with Crippen molar-refractivity contribution in [1.29, 1.82) is 0 Å². The second kappa shape index (κ2) is 11.8. The van der Waals surface area contributed by atoms with Crippen molar-refractivity contribution in [3.8, 4) is 0 Å². The fourth-order valence-electron chi connectivity index (χ4n) is 18.9. The molecule has 0 amide bonds. The van der Waals surface area contributed by atoms with Crippen LogP contribution in [0.2, 0.25) is 0 Å². The highest BCUT2D eigenvalue weighted by Crippen LogP contribution is 2.98. The molecule has 308 valence electrons. The van der Waals surface area contributed by atoms with E-state index in [1.54, 1.807) is 89.9 Å². The topological polar surface area (TPSA) is 27.7 Å². The molecule has 0 saturated heterocycles. The van der Waals surface area contributed by atoms with Gasteiger partial charge in [-0.15, -0.1) is 0 Å². The lowest BCUT2D eigenvalue weighted by Gasteiger charge is -2.47. The summed E-state index contributed by atoms with van der Waals surface area (Å²) in [4.78, 5) is 0. The SMILES string of the molecule is CCCCCCC1(C2(C3(C4(C5(C6(OCCOCCOC7(C8(C9(C%10(C%11(C%12(CCCCCC)CC%12)CC%11)CC%10)CC9)CC8)CC7)CC6)CC5)CC4)CC3)CC2)CC1. The van der Waals surface area contributed by atoms with E-state index in [-0.39, 0.29) is 11.2 Å². The van der Waals surface area contributed by atoms with E-state index in [4.69, 9.17) is 14.2 Å². The summed E-state index contributed by atoms with van der Waals surface area (Å²) in [5.74, 6) is 0. The molecule has 0 aromatic rings. The van der Waals surface area contributed by atoms with Crippen molar-refractivity contribution in [3.05, 3.63) is 0 Å². The van der Waals surface area contributed by atoms with Crippen LogP contribution in [0.25, 0.3) is 0 Å². The minimum absolute atomic E-state index is 0.202. The number of ether oxygens (including phenoxy) is 3. The van der Waals surface area contributed by atoms with Crippen molar-refractivity contribution >= 4 is 0 Å². The normalized spacial score (nSPS) is 35.2. The Morgan fingerprint density at radius 2 is 0.600 bits per heavy atom. The second-order valence-electron chi connectivity index (χ2n) is 24.1. The zero-order valence-electron chi connectivity index (χ0n) is 36.1. The molecule has 12 aliphatic rings. The number of hydrogen-bond acceptors (Lipinski definition) is 3. The Kier molecular flexibility index (Phi) is 7.89. The van der Waals surface area contributed by atoms with Gasteiger partial charge in [0.15, 0.2) is 0 Å².